The number of hydrogen-bond donors (Lipinski definition) is 0. The number of anilines is 1. The van der Waals surface area contributed by atoms with Gasteiger partial charge in [-0.2, -0.15) is 0 Å². The van der Waals surface area contributed by atoms with E-state index in [1.54, 1.807) is 6.20 Å². The van der Waals surface area contributed by atoms with Crippen molar-refractivity contribution < 1.29 is 4.42 Å². The van der Waals surface area contributed by atoms with E-state index in [2.05, 4.69) is 45.1 Å². The van der Waals surface area contributed by atoms with Gasteiger partial charge in [-0.05, 0) is 24.3 Å². The van der Waals surface area contributed by atoms with Gasteiger partial charge in [0.25, 0.3) is 0 Å². The molecule has 0 aliphatic carbocycles. The Morgan fingerprint density at radius 3 is 2.52 bits per heavy atom. The van der Waals surface area contributed by atoms with E-state index in [1.807, 2.05) is 24.3 Å². The maximum Gasteiger partial charge on any atom is 0.209 e. The summed E-state index contributed by atoms with van der Waals surface area (Å²) in [7, 11) is 0. The first kappa shape index (κ1) is 16.2. The van der Waals surface area contributed by atoms with Gasteiger partial charge in [-0.25, -0.2) is 4.98 Å². The zero-order valence-electron chi connectivity index (χ0n) is 13.9. The normalized spacial score (nSPS) is 15.5. The molecule has 0 N–H and O–H groups in total. The summed E-state index contributed by atoms with van der Waals surface area (Å²) in [5.74, 6) is 1.52. The van der Waals surface area contributed by atoms with E-state index < -0.39 is 0 Å². The molecule has 5 heteroatoms. The number of nitrogens with zero attached hydrogens (tertiary/aromatic N) is 3. The first-order valence-electron chi connectivity index (χ1n) is 8.51. The lowest BCUT2D eigenvalue weighted by atomic mass is 10.2. The molecule has 1 aliphatic heterocycles. The number of para-hydroxylation sites is 1. The lowest BCUT2D eigenvalue weighted by Gasteiger charge is -2.35. The van der Waals surface area contributed by atoms with E-state index in [9.17, 15) is 0 Å². The van der Waals surface area contributed by atoms with Crippen LogP contribution in [0.4, 0.5) is 5.69 Å². The molecule has 0 bridgehead atoms. The number of piperazine rings is 1. The van der Waals surface area contributed by atoms with E-state index in [0.29, 0.717) is 5.02 Å². The molecule has 1 fully saturated rings. The van der Waals surface area contributed by atoms with Crippen molar-refractivity contribution in [2.75, 3.05) is 31.1 Å². The van der Waals surface area contributed by atoms with Crippen LogP contribution in [0.2, 0.25) is 5.02 Å². The van der Waals surface area contributed by atoms with Crippen LogP contribution in [0.25, 0.3) is 11.3 Å². The molecule has 0 amide bonds. The Morgan fingerprint density at radius 2 is 1.76 bits per heavy atom. The van der Waals surface area contributed by atoms with Crippen LogP contribution < -0.4 is 4.90 Å². The first-order chi connectivity index (χ1) is 12.3. The van der Waals surface area contributed by atoms with Gasteiger partial charge in [-0.15, -0.1) is 0 Å². The van der Waals surface area contributed by atoms with E-state index >= 15 is 0 Å². The van der Waals surface area contributed by atoms with Crippen LogP contribution in [-0.4, -0.2) is 36.1 Å². The highest BCUT2D eigenvalue weighted by Crippen LogP contribution is 2.24. The number of oxazole rings is 1. The summed E-state index contributed by atoms with van der Waals surface area (Å²) in [6.07, 6.45) is 1.78. The van der Waals surface area contributed by atoms with Crippen LogP contribution in [0, 0.1) is 0 Å². The molecule has 4 rings (SSSR count). The topological polar surface area (TPSA) is 32.5 Å². The molecule has 128 valence electrons. The Kier molecular flexibility index (Phi) is 4.72. The van der Waals surface area contributed by atoms with E-state index in [0.717, 1.165) is 49.9 Å². The summed E-state index contributed by atoms with van der Waals surface area (Å²) < 4.78 is 5.91. The fraction of sp³-hybridized carbons (Fsp3) is 0.250. The summed E-state index contributed by atoms with van der Waals surface area (Å²) in [6.45, 7) is 4.79. The third-order valence-corrected chi connectivity index (χ3v) is 4.75. The molecule has 2 heterocycles. The molecule has 2 aromatic carbocycles. The summed E-state index contributed by atoms with van der Waals surface area (Å²) in [4.78, 5) is 9.23. The van der Waals surface area contributed by atoms with Crippen molar-refractivity contribution in [2.24, 2.45) is 0 Å². The smallest absolute Gasteiger partial charge is 0.209 e. The highest BCUT2D eigenvalue weighted by molar-refractivity contribution is 6.30. The number of halogens is 1. The lowest BCUT2D eigenvalue weighted by molar-refractivity contribution is 0.227. The largest absolute Gasteiger partial charge is 0.439 e. The summed E-state index contributed by atoms with van der Waals surface area (Å²) in [5.41, 5.74) is 2.25. The lowest BCUT2D eigenvalue weighted by Crippen LogP contribution is -2.46. The average molecular weight is 354 g/mol. The Balaban J connectivity index is 1.36. The summed E-state index contributed by atoms with van der Waals surface area (Å²) in [6, 6.07) is 18.2. The van der Waals surface area contributed by atoms with Crippen LogP contribution in [0.15, 0.2) is 65.2 Å². The Morgan fingerprint density at radius 1 is 0.960 bits per heavy atom. The van der Waals surface area contributed by atoms with Crippen molar-refractivity contribution >= 4 is 17.3 Å². The summed E-state index contributed by atoms with van der Waals surface area (Å²) >= 11 is 6.05. The molecule has 1 saturated heterocycles. The second-order valence-corrected chi connectivity index (χ2v) is 6.66. The summed E-state index contributed by atoms with van der Waals surface area (Å²) in [5, 5.41) is 0.701. The van der Waals surface area contributed by atoms with E-state index in [4.69, 9.17) is 16.0 Å². The molecule has 0 spiro atoms. The minimum absolute atomic E-state index is 0.701. The zero-order chi connectivity index (χ0) is 17.1. The van der Waals surface area contributed by atoms with Gasteiger partial charge in [0.15, 0.2) is 5.76 Å². The molecule has 25 heavy (non-hydrogen) atoms. The second kappa shape index (κ2) is 7.30. The monoisotopic (exact) mass is 353 g/mol. The fourth-order valence-corrected chi connectivity index (χ4v) is 3.34. The first-order valence-corrected chi connectivity index (χ1v) is 8.89. The Bertz CT molecular complexity index is 826. The maximum absolute atomic E-state index is 6.05. The number of aromatic nitrogens is 1. The Hall–Kier alpha value is -2.30. The zero-order valence-corrected chi connectivity index (χ0v) is 14.7. The van der Waals surface area contributed by atoms with E-state index in [-0.39, 0.29) is 0 Å². The van der Waals surface area contributed by atoms with Gasteiger partial charge in [-0.1, -0.05) is 41.9 Å². The van der Waals surface area contributed by atoms with Crippen molar-refractivity contribution in [2.45, 2.75) is 6.54 Å². The third kappa shape index (κ3) is 3.86. The van der Waals surface area contributed by atoms with Crippen molar-refractivity contribution in [3.8, 4) is 11.3 Å². The third-order valence-electron chi connectivity index (χ3n) is 4.52. The molecular formula is C20H20ClN3O. The van der Waals surface area contributed by atoms with Gasteiger partial charge in [0.2, 0.25) is 5.89 Å². The molecule has 3 aromatic rings. The molecule has 0 saturated carbocycles. The highest BCUT2D eigenvalue weighted by Gasteiger charge is 2.19. The van der Waals surface area contributed by atoms with Crippen molar-refractivity contribution in [1.29, 1.82) is 0 Å². The van der Waals surface area contributed by atoms with Gasteiger partial charge in [0.1, 0.15) is 0 Å². The van der Waals surface area contributed by atoms with Gasteiger partial charge >= 0.3 is 0 Å². The van der Waals surface area contributed by atoms with Gasteiger partial charge in [0, 0.05) is 42.5 Å². The minimum atomic E-state index is 0.701. The average Bonchev–Trinajstić information content (AvgIpc) is 3.12. The van der Waals surface area contributed by atoms with Crippen molar-refractivity contribution in [1.82, 2.24) is 9.88 Å². The number of hydrogen-bond acceptors (Lipinski definition) is 4. The minimum Gasteiger partial charge on any atom is -0.439 e. The Labute approximate surface area is 152 Å². The number of benzene rings is 2. The number of rotatable bonds is 4. The van der Waals surface area contributed by atoms with Crippen LogP contribution >= 0.6 is 11.6 Å². The molecule has 0 radical (unpaired) electrons. The van der Waals surface area contributed by atoms with E-state index in [1.165, 1.54) is 5.69 Å². The van der Waals surface area contributed by atoms with Crippen molar-refractivity contribution in [3.05, 3.63) is 71.7 Å². The second-order valence-electron chi connectivity index (χ2n) is 6.23. The van der Waals surface area contributed by atoms with Crippen LogP contribution in [0.3, 0.4) is 0 Å². The van der Waals surface area contributed by atoms with Crippen LogP contribution in [-0.2, 0) is 6.54 Å². The van der Waals surface area contributed by atoms with Gasteiger partial charge in [-0.3, -0.25) is 4.90 Å². The quantitative estimate of drug-likeness (QED) is 0.699. The SMILES string of the molecule is Clc1cccc(-c2cnc(CN3CCN(c4ccccc4)CC3)o2)c1. The molecule has 4 nitrogen and oxygen atoms in total. The predicted molar refractivity (Wildman–Crippen MR) is 101 cm³/mol. The van der Waals surface area contributed by atoms with Gasteiger partial charge in [0.05, 0.1) is 12.7 Å². The van der Waals surface area contributed by atoms with Crippen molar-refractivity contribution in [3.63, 3.8) is 0 Å². The fourth-order valence-electron chi connectivity index (χ4n) is 3.15. The molecule has 0 unspecified atom stereocenters. The molecule has 1 aliphatic rings. The van der Waals surface area contributed by atoms with Crippen LogP contribution in [0.5, 0.6) is 0 Å². The predicted octanol–water partition coefficient (Wildman–Crippen LogP) is 4.32. The van der Waals surface area contributed by atoms with Crippen LogP contribution in [0.1, 0.15) is 5.89 Å². The maximum atomic E-state index is 6.05. The molecule has 1 aromatic heterocycles. The molecular weight excluding hydrogens is 334 g/mol. The highest BCUT2D eigenvalue weighted by atomic mass is 35.5. The standard InChI is InChI=1S/C20H20ClN3O/c21-17-6-4-5-16(13-17)19-14-22-20(25-19)15-23-9-11-24(12-10-23)18-7-2-1-3-8-18/h1-8,13-14H,9-12,15H2. The van der Waals surface area contributed by atoms with Gasteiger partial charge < -0.3 is 9.32 Å². The molecule has 0 atom stereocenters.